The van der Waals surface area contributed by atoms with Gasteiger partial charge in [-0.1, -0.05) is 12.2 Å². The Hall–Kier alpha value is -0.990. The molecule has 1 aliphatic rings. The number of ether oxygens (including phenoxy) is 1. The molecule has 0 aromatic heterocycles. The average molecular weight is 211 g/mol. The molecular weight excluding hydrogens is 190 g/mol. The Morgan fingerprint density at radius 2 is 2.13 bits per heavy atom. The van der Waals surface area contributed by atoms with Crippen LogP contribution in [0.4, 0.5) is 4.79 Å². The molecule has 1 amide bonds. The van der Waals surface area contributed by atoms with Crippen LogP contribution in [0.3, 0.4) is 0 Å². The van der Waals surface area contributed by atoms with Crippen LogP contribution < -0.4 is 0 Å². The van der Waals surface area contributed by atoms with Crippen molar-refractivity contribution in [3.63, 3.8) is 0 Å². The van der Waals surface area contributed by atoms with E-state index in [0.29, 0.717) is 0 Å². The van der Waals surface area contributed by atoms with Crippen molar-refractivity contribution in [2.75, 3.05) is 6.54 Å². The monoisotopic (exact) mass is 211 g/mol. The smallest absolute Gasteiger partial charge is 0.410 e. The fraction of sp³-hybridized carbons (Fsp3) is 0.750. The van der Waals surface area contributed by atoms with E-state index in [1.807, 2.05) is 38.7 Å². The van der Waals surface area contributed by atoms with Crippen LogP contribution in [0.2, 0.25) is 0 Å². The molecule has 15 heavy (non-hydrogen) atoms. The van der Waals surface area contributed by atoms with E-state index in [2.05, 4.69) is 6.08 Å². The predicted molar refractivity (Wildman–Crippen MR) is 60.8 cm³/mol. The first-order valence-corrected chi connectivity index (χ1v) is 5.56. The largest absolute Gasteiger partial charge is 0.444 e. The van der Waals surface area contributed by atoms with Gasteiger partial charge in [-0.2, -0.15) is 0 Å². The van der Waals surface area contributed by atoms with Crippen molar-refractivity contribution in [1.82, 2.24) is 4.90 Å². The third-order valence-electron chi connectivity index (χ3n) is 2.34. The Balaban J connectivity index is 2.59. The maximum absolute atomic E-state index is 11.8. The molecule has 1 saturated heterocycles. The quantitative estimate of drug-likeness (QED) is 0.624. The number of allylic oxidation sites excluding steroid dienone is 1. The van der Waals surface area contributed by atoms with Crippen molar-refractivity contribution in [2.24, 2.45) is 0 Å². The summed E-state index contributed by atoms with van der Waals surface area (Å²) in [7, 11) is 0. The van der Waals surface area contributed by atoms with Crippen LogP contribution in [0.25, 0.3) is 0 Å². The van der Waals surface area contributed by atoms with E-state index in [1.54, 1.807) is 0 Å². The summed E-state index contributed by atoms with van der Waals surface area (Å²) in [6.45, 7) is 8.47. The van der Waals surface area contributed by atoms with Gasteiger partial charge in [0.1, 0.15) is 5.60 Å². The van der Waals surface area contributed by atoms with E-state index < -0.39 is 5.60 Å². The lowest BCUT2D eigenvalue weighted by Gasteiger charge is -2.27. The average Bonchev–Trinajstić information content (AvgIpc) is 2.49. The lowest BCUT2D eigenvalue weighted by Crippen LogP contribution is -2.39. The molecular formula is C12H21NO2. The first kappa shape index (κ1) is 12.1. The van der Waals surface area contributed by atoms with Gasteiger partial charge in [0.25, 0.3) is 0 Å². The Morgan fingerprint density at radius 1 is 1.47 bits per heavy atom. The Kier molecular flexibility index (Phi) is 3.77. The van der Waals surface area contributed by atoms with Crippen LogP contribution in [-0.2, 0) is 4.74 Å². The van der Waals surface area contributed by atoms with Gasteiger partial charge in [0.05, 0.1) is 6.04 Å². The molecule has 0 aromatic rings. The molecule has 0 bridgehead atoms. The van der Waals surface area contributed by atoms with Crippen molar-refractivity contribution in [3.8, 4) is 0 Å². The van der Waals surface area contributed by atoms with Crippen LogP contribution in [0.1, 0.15) is 40.5 Å². The van der Waals surface area contributed by atoms with E-state index in [0.717, 1.165) is 19.4 Å². The fourth-order valence-corrected chi connectivity index (χ4v) is 1.76. The second-order valence-corrected chi connectivity index (χ2v) is 4.91. The second-order valence-electron chi connectivity index (χ2n) is 4.91. The zero-order valence-corrected chi connectivity index (χ0v) is 10.1. The van der Waals surface area contributed by atoms with Crippen molar-refractivity contribution in [3.05, 3.63) is 12.2 Å². The van der Waals surface area contributed by atoms with Gasteiger partial charge >= 0.3 is 6.09 Å². The van der Waals surface area contributed by atoms with Gasteiger partial charge in [-0.05, 0) is 40.5 Å². The third kappa shape index (κ3) is 3.57. The summed E-state index contributed by atoms with van der Waals surface area (Å²) in [5.41, 5.74) is -0.403. The van der Waals surface area contributed by atoms with Crippen molar-refractivity contribution >= 4 is 6.09 Å². The van der Waals surface area contributed by atoms with Crippen molar-refractivity contribution in [2.45, 2.75) is 52.2 Å². The first-order valence-electron chi connectivity index (χ1n) is 5.56. The minimum atomic E-state index is -0.403. The summed E-state index contributed by atoms with van der Waals surface area (Å²) in [6, 6.07) is 0.227. The SMILES string of the molecule is C/C=C\[C@H]1CCCN1C(=O)OC(C)(C)C. The highest BCUT2D eigenvalue weighted by molar-refractivity contribution is 5.69. The van der Waals surface area contributed by atoms with Gasteiger partial charge in [-0.15, -0.1) is 0 Å². The molecule has 3 nitrogen and oxygen atoms in total. The molecule has 86 valence electrons. The number of hydrogen-bond acceptors (Lipinski definition) is 2. The van der Waals surface area contributed by atoms with Crippen LogP contribution in [0, 0.1) is 0 Å². The minimum Gasteiger partial charge on any atom is -0.444 e. The van der Waals surface area contributed by atoms with Crippen LogP contribution in [0.5, 0.6) is 0 Å². The number of rotatable bonds is 1. The van der Waals surface area contributed by atoms with E-state index >= 15 is 0 Å². The lowest BCUT2D eigenvalue weighted by atomic mass is 10.2. The van der Waals surface area contributed by atoms with E-state index in [1.165, 1.54) is 0 Å². The fourth-order valence-electron chi connectivity index (χ4n) is 1.76. The van der Waals surface area contributed by atoms with Crippen LogP contribution in [-0.4, -0.2) is 29.2 Å². The summed E-state index contributed by atoms with van der Waals surface area (Å²) < 4.78 is 5.35. The minimum absolute atomic E-state index is 0.192. The van der Waals surface area contributed by atoms with Crippen molar-refractivity contribution in [1.29, 1.82) is 0 Å². The lowest BCUT2D eigenvalue weighted by molar-refractivity contribution is 0.0256. The topological polar surface area (TPSA) is 29.5 Å². The highest BCUT2D eigenvalue weighted by Crippen LogP contribution is 2.21. The van der Waals surface area contributed by atoms with Gasteiger partial charge in [0, 0.05) is 6.54 Å². The number of carbonyl (C=O) groups is 1. The van der Waals surface area contributed by atoms with E-state index in [4.69, 9.17) is 4.74 Å². The molecule has 0 saturated carbocycles. The molecule has 0 radical (unpaired) electrons. The molecule has 1 rings (SSSR count). The van der Waals surface area contributed by atoms with E-state index in [9.17, 15) is 4.79 Å². The summed E-state index contributed by atoms with van der Waals surface area (Å²) in [5, 5.41) is 0. The third-order valence-corrected chi connectivity index (χ3v) is 2.34. The number of nitrogens with zero attached hydrogens (tertiary/aromatic N) is 1. The highest BCUT2D eigenvalue weighted by atomic mass is 16.6. The molecule has 1 heterocycles. The van der Waals surface area contributed by atoms with Crippen LogP contribution in [0.15, 0.2) is 12.2 Å². The number of hydrogen-bond donors (Lipinski definition) is 0. The standard InChI is InChI=1S/C12H21NO2/c1-5-7-10-8-6-9-13(10)11(14)15-12(2,3)4/h5,7,10H,6,8-9H2,1-4H3/b7-5-/t10-/m0/s1. The summed E-state index contributed by atoms with van der Waals surface area (Å²) in [4.78, 5) is 13.6. The van der Waals surface area contributed by atoms with E-state index in [-0.39, 0.29) is 12.1 Å². The predicted octanol–water partition coefficient (Wildman–Crippen LogP) is 2.96. The molecule has 0 spiro atoms. The number of likely N-dealkylation sites (tertiary alicyclic amines) is 1. The molecule has 0 N–H and O–H groups in total. The van der Waals surface area contributed by atoms with Gasteiger partial charge in [0.15, 0.2) is 0 Å². The highest BCUT2D eigenvalue weighted by Gasteiger charge is 2.30. The van der Waals surface area contributed by atoms with Gasteiger partial charge in [-0.3, -0.25) is 0 Å². The Labute approximate surface area is 92.1 Å². The zero-order chi connectivity index (χ0) is 11.5. The van der Waals surface area contributed by atoms with Gasteiger partial charge in [0.2, 0.25) is 0 Å². The molecule has 0 aromatic carbocycles. The maximum Gasteiger partial charge on any atom is 0.410 e. The first-order chi connectivity index (χ1) is 6.94. The van der Waals surface area contributed by atoms with Gasteiger partial charge in [-0.25, -0.2) is 4.79 Å². The molecule has 3 heteroatoms. The molecule has 1 fully saturated rings. The van der Waals surface area contributed by atoms with Crippen molar-refractivity contribution < 1.29 is 9.53 Å². The zero-order valence-electron chi connectivity index (χ0n) is 10.1. The maximum atomic E-state index is 11.8. The molecule has 0 aliphatic carbocycles. The molecule has 0 unspecified atom stereocenters. The molecule has 1 aliphatic heterocycles. The normalized spacial score (nSPS) is 22.4. The summed E-state index contributed by atoms with van der Waals surface area (Å²) in [6.07, 6.45) is 5.98. The summed E-state index contributed by atoms with van der Waals surface area (Å²) in [5.74, 6) is 0. The van der Waals surface area contributed by atoms with Crippen LogP contribution >= 0.6 is 0 Å². The number of carbonyl (C=O) groups excluding carboxylic acids is 1. The number of amides is 1. The summed E-state index contributed by atoms with van der Waals surface area (Å²) >= 11 is 0. The Bertz CT molecular complexity index is 253. The molecule has 1 atom stereocenters. The Morgan fingerprint density at radius 3 is 2.67 bits per heavy atom. The van der Waals surface area contributed by atoms with Gasteiger partial charge < -0.3 is 9.64 Å². The second kappa shape index (κ2) is 4.69.